The predicted molar refractivity (Wildman–Crippen MR) is 69.7 cm³/mol. The van der Waals surface area contributed by atoms with E-state index in [1.165, 1.54) is 0 Å². The highest BCUT2D eigenvalue weighted by Gasteiger charge is 2.41. The Morgan fingerprint density at radius 3 is 1.43 bits per heavy atom. The van der Waals surface area contributed by atoms with Crippen molar-refractivity contribution >= 4 is 12.8 Å². The first kappa shape index (κ1) is 11.7. The van der Waals surface area contributed by atoms with E-state index in [1.807, 2.05) is 0 Å². The summed E-state index contributed by atoms with van der Waals surface area (Å²) in [6.45, 7) is 14.1. The number of hydrogen-bond donors (Lipinski definition) is 0. The van der Waals surface area contributed by atoms with Crippen molar-refractivity contribution in [1.82, 2.24) is 0 Å². The fraction of sp³-hybridized carbons (Fsp3) is 0.615. The van der Waals surface area contributed by atoms with Crippen LogP contribution in [0.5, 0.6) is 0 Å². The SMILES string of the molecule is CC(C)(C)[P+](=C1C=CC=C1)C(C)(C)C. The van der Waals surface area contributed by atoms with Crippen LogP contribution < -0.4 is 0 Å². The zero-order valence-corrected chi connectivity index (χ0v) is 11.2. The summed E-state index contributed by atoms with van der Waals surface area (Å²) in [4.78, 5) is 0. The third-order valence-electron chi connectivity index (χ3n) is 2.24. The third-order valence-corrected chi connectivity index (χ3v) is 5.74. The molecule has 1 aliphatic rings. The summed E-state index contributed by atoms with van der Waals surface area (Å²) in [7, 11) is -0.101. The Balaban J connectivity index is 3.27. The molecule has 0 aromatic carbocycles. The predicted octanol–water partition coefficient (Wildman–Crippen LogP) is 4.36. The first-order chi connectivity index (χ1) is 6.23. The molecule has 1 heteroatoms. The first-order valence-corrected chi connectivity index (χ1v) is 6.59. The zero-order chi connectivity index (χ0) is 11.0. The van der Waals surface area contributed by atoms with Crippen molar-refractivity contribution in [2.24, 2.45) is 0 Å². The van der Waals surface area contributed by atoms with Crippen LogP contribution in [0.2, 0.25) is 0 Å². The third kappa shape index (κ3) is 2.58. The summed E-state index contributed by atoms with van der Waals surface area (Å²) in [5.74, 6) is 0. The van der Waals surface area contributed by atoms with Crippen molar-refractivity contribution in [1.29, 1.82) is 0 Å². The molecule has 0 saturated carbocycles. The van der Waals surface area contributed by atoms with Crippen LogP contribution >= 0.6 is 7.55 Å². The fourth-order valence-corrected chi connectivity index (χ4v) is 6.33. The summed E-state index contributed by atoms with van der Waals surface area (Å²) >= 11 is 0. The second-order valence-corrected chi connectivity index (χ2v) is 9.69. The lowest BCUT2D eigenvalue weighted by molar-refractivity contribution is 0.721. The molecule has 78 valence electrons. The van der Waals surface area contributed by atoms with Gasteiger partial charge >= 0.3 is 0 Å². The van der Waals surface area contributed by atoms with Crippen LogP contribution in [-0.4, -0.2) is 15.6 Å². The highest BCUT2D eigenvalue weighted by Crippen LogP contribution is 2.52. The van der Waals surface area contributed by atoms with Gasteiger partial charge in [0, 0.05) is 0 Å². The molecule has 0 radical (unpaired) electrons. The molecule has 0 heterocycles. The van der Waals surface area contributed by atoms with Crippen molar-refractivity contribution in [3.05, 3.63) is 24.3 Å². The van der Waals surface area contributed by atoms with Crippen LogP contribution in [0.3, 0.4) is 0 Å². The molecule has 0 aliphatic heterocycles. The van der Waals surface area contributed by atoms with Gasteiger partial charge in [0.1, 0.15) is 23.2 Å². The lowest BCUT2D eigenvalue weighted by Crippen LogP contribution is -2.23. The van der Waals surface area contributed by atoms with E-state index in [1.54, 1.807) is 5.29 Å². The molecular weight excluding hydrogens is 187 g/mol. The fourth-order valence-electron chi connectivity index (χ4n) is 2.29. The summed E-state index contributed by atoms with van der Waals surface area (Å²) in [6, 6.07) is 0. The average molecular weight is 209 g/mol. The Bertz CT molecular complexity index is 273. The van der Waals surface area contributed by atoms with Crippen LogP contribution in [0.25, 0.3) is 0 Å². The highest BCUT2D eigenvalue weighted by molar-refractivity contribution is 7.62. The largest absolute Gasteiger partial charge is 0.144 e. The van der Waals surface area contributed by atoms with Gasteiger partial charge < -0.3 is 0 Å². The minimum Gasteiger partial charge on any atom is -0.0577 e. The van der Waals surface area contributed by atoms with E-state index in [0.29, 0.717) is 10.3 Å². The maximum absolute atomic E-state index is 2.36. The van der Waals surface area contributed by atoms with E-state index in [-0.39, 0.29) is 7.55 Å². The van der Waals surface area contributed by atoms with Crippen LogP contribution in [-0.2, 0) is 0 Å². The topological polar surface area (TPSA) is 0 Å². The zero-order valence-electron chi connectivity index (χ0n) is 10.3. The quantitative estimate of drug-likeness (QED) is 0.520. The minimum absolute atomic E-state index is 0.101. The monoisotopic (exact) mass is 209 g/mol. The molecule has 1 aliphatic carbocycles. The maximum atomic E-state index is 2.36. The van der Waals surface area contributed by atoms with Gasteiger partial charge in [-0.25, -0.2) is 0 Å². The number of allylic oxidation sites excluding steroid dienone is 4. The maximum Gasteiger partial charge on any atom is 0.144 e. The van der Waals surface area contributed by atoms with Crippen LogP contribution in [0.4, 0.5) is 0 Å². The van der Waals surface area contributed by atoms with Gasteiger partial charge in [-0.2, -0.15) is 0 Å². The van der Waals surface area contributed by atoms with Crippen LogP contribution in [0.1, 0.15) is 41.5 Å². The number of rotatable bonds is 0. The van der Waals surface area contributed by atoms with E-state index in [4.69, 9.17) is 0 Å². The summed E-state index contributed by atoms with van der Waals surface area (Å²) < 4.78 is 0. The molecule has 0 bridgehead atoms. The molecule has 0 spiro atoms. The van der Waals surface area contributed by atoms with E-state index in [0.717, 1.165) is 0 Å². The molecule has 0 atom stereocenters. The summed E-state index contributed by atoms with van der Waals surface area (Å²) in [6.07, 6.45) is 8.87. The molecule has 0 N–H and O–H groups in total. The van der Waals surface area contributed by atoms with Crippen LogP contribution in [0, 0.1) is 0 Å². The molecule has 0 unspecified atom stereocenters. The molecular formula is C13H22P+. The van der Waals surface area contributed by atoms with Gasteiger partial charge in [-0.3, -0.25) is 0 Å². The molecule has 0 fully saturated rings. The molecule has 0 saturated heterocycles. The molecule has 1 rings (SSSR count). The lowest BCUT2D eigenvalue weighted by atomic mass is 10.2. The molecule has 0 aromatic heterocycles. The van der Waals surface area contributed by atoms with Gasteiger partial charge in [0.2, 0.25) is 0 Å². The average Bonchev–Trinajstić information content (AvgIpc) is 2.31. The first-order valence-electron chi connectivity index (χ1n) is 5.25. The van der Waals surface area contributed by atoms with Crippen molar-refractivity contribution in [3.63, 3.8) is 0 Å². The van der Waals surface area contributed by atoms with E-state index in [9.17, 15) is 0 Å². The Labute approximate surface area is 89.5 Å². The standard InChI is InChI=1S/C13H22P/c1-12(2,3)14(13(4,5)6)11-9-7-8-10-11/h7-10H,1-6H3/q+1. The summed E-state index contributed by atoms with van der Waals surface area (Å²) in [5.41, 5.74) is 0. The van der Waals surface area contributed by atoms with Crippen molar-refractivity contribution in [2.75, 3.05) is 0 Å². The van der Waals surface area contributed by atoms with Gasteiger partial charge in [-0.05, 0) is 53.7 Å². The van der Waals surface area contributed by atoms with E-state index in [2.05, 4.69) is 65.8 Å². The second kappa shape index (κ2) is 3.66. The second-order valence-electron chi connectivity index (χ2n) is 5.82. The van der Waals surface area contributed by atoms with E-state index >= 15 is 0 Å². The molecule has 0 nitrogen and oxygen atoms in total. The Hall–Kier alpha value is -0.350. The van der Waals surface area contributed by atoms with E-state index < -0.39 is 0 Å². The van der Waals surface area contributed by atoms with Gasteiger partial charge in [0.15, 0.2) is 0 Å². The normalized spacial score (nSPS) is 16.6. The lowest BCUT2D eigenvalue weighted by Gasteiger charge is -2.23. The Morgan fingerprint density at radius 1 is 0.786 bits per heavy atom. The van der Waals surface area contributed by atoms with Gasteiger partial charge in [0.05, 0.1) is 0 Å². The van der Waals surface area contributed by atoms with Gasteiger partial charge in [-0.1, -0.05) is 12.2 Å². The molecule has 14 heavy (non-hydrogen) atoms. The molecule has 0 aromatic rings. The van der Waals surface area contributed by atoms with Crippen molar-refractivity contribution < 1.29 is 0 Å². The minimum atomic E-state index is -0.101. The van der Waals surface area contributed by atoms with Crippen molar-refractivity contribution in [3.8, 4) is 0 Å². The van der Waals surface area contributed by atoms with Crippen molar-refractivity contribution in [2.45, 2.75) is 51.9 Å². The Morgan fingerprint density at radius 2 is 1.14 bits per heavy atom. The van der Waals surface area contributed by atoms with Gasteiger partial charge in [0.25, 0.3) is 0 Å². The van der Waals surface area contributed by atoms with Crippen LogP contribution in [0.15, 0.2) is 24.3 Å². The van der Waals surface area contributed by atoms with Gasteiger partial charge in [-0.15, -0.1) is 0 Å². The summed E-state index contributed by atoms with van der Waals surface area (Å²) in [5, 5.41) is 2.32. The smallest absolute Gasteiger partial charge is 0.0577 e. The molecule has 0 amide bonds. The Kier molecular flexibility index (Phi) is 3.07. The highest BCUT2D eigenvalue weighted by atomic mass is 31.1. The number of hydrogen-bond acceptors (Lipinski definition) is 0.